The van der Waals surface area contributed by atoms with Crippen LogP contribution in [0, 0.1) is 12.7 Å². The standard InChI is InChI=1S/C37H36FN5O3/c1-24-4-7-28(20-33(24)42-37-39-17-14-32(41-37)26-8-10-30(38)11-9-26)36(44)40-31-12-5-25(6-13-31)15-18-43-19-16-27-21-34(45-2)35(46-3)22-29(27)23-43/h4-14,17,20-22H,15-16,18-19,23H2,1-3H3,(H,40,44)(H,39,41,42). The maximum absolute atomic E-state index is 13.4. The Labute approximate surface area is 268 Å². The van der Waals surface area contributed by atoms with E-state index in [9.17, 15) is 9.18 Å². The predicted molar refractivity (Wildman–Crippen MR) is 179 cm³/mol. The molecular weight excluding hydrogens is 581 g/mol. The van der Waals surface area contributed by atoms with Gasteiger partial charge in [-0.2, -0.15) is 0 Å². The van der Waals surface area contributed by atoms with Gasteiger partial charge in [-0.05, 0) is 109 Å². The van der Waals surface area contributed by atoms with Crippen LogP contribution in [0.2, 0.25) is 0 Å². The molecule has 2 N–H and O–H groups in total. The molecule has 1 aliphatic rings. The average Bonchev–Trinajstić information content (AvgIpc) is 3.08. The number of aryl methyl sites for hydroxylation is 1. The number of amides is 1. The molecule has 46 heavy (non-hydrogen) atoms. The first-order valence-electron chi connectivity index (χ1n) is 15.2. The van der Waals surface area contributed by atoms with Gasteiger partial charge in [0.15, 0.2) is 11.5 Å². The van der Waals surface area contributed by atoms with Crippen molar-refractivity contribution in [3.63, 3.8) is 0 Å². The monoisotopic (exact) mass is 617 g/mol. The normalized spacial score (nSPS) is 12.7. The quantitative estimate of drug-likeness (QED) is 0.171. The Balaban J connectivity index is 1.05. The number of carbonyl (C=O) groups is 1. The minimum Gasteiger partial charge on any atom is -0.493 e. The van der Waals surface area contributed by atoms with E-state index >= 15 is 0 Å². The van der Waals surface area contributed by atoms with Gasteiger partial charge in [0.05, 0.1) is 19.9 Å². The topological polar surface area (TPSA) is 88.6 Å². The molecule has 1 aromatic heterocycles. The molecular formula is C37H36FN5O3. The first-order valence-corrected chi connectivity index (χ1v) is 15.2. The summed E-state index contributed by atoms with van der Waals surface area (Å²) in [7, 11) is 3.34. The van der Waals surface area contributed by atoms with Crippen molar-refractivity contribution >= 4 is 23.2 Å². The van der Waals surface area contributed by atoms with Gasteiger partial charge in [-0.25, -0.2) is 14.4 Å². The first kappa shape index (κ1) is 30.7. The van der Waals surface area contributed by atoms with Crippen LogP contribution in [0.5, 0.6) is 11.5 Å². The van der Waals surface area contributed by atoms with Gasteiger partial charge in [-0.1, -0.05) is 18.2 Å². The fourth-order valence-electron chi connectivity index (χ4n) is 5.60. The molecule has 9 heteroatoms. The third-order valence-corrected chi connectivity index (χ3v) is 8.27. The minimum atomic E-state index is -0.304. The summed E-state index contributed by atoms with van der Waals surface area (Å²) in [5.74, 6) is 1.41. The van der Waals surface area contributed by atoms with E-state index < -0.39 is 0 Å². The number of nitrogens with one attached hydrogen (secondary N) is 2. The molecule has 8 nitrogen and oxygen atoms in total. The average molecular weight is 618 g/mol. The van der Waals surface area contributed by atoms with Crippen LogP contribution in [0.15, 0.2) is 91.1 Å². The zero-order chi connectivity index (χ0) is 32.0. The summed E-state index contributed by atoms with van der Waals surface area (Å²) in [4.78, 5) is 24.5. The number of hydrogen-bond donors (Lipinski definition) is 2. The lowest BCUT2D eigenvalue weighted by atomic mass is 9.98. The van der Waals surface area contributed by atoms with Gasteiger partial charge >= 0.3 is 0 Å². The van der Waals surface area contributed by atoms with Crippen LogP contribution in [0.1, 0.15) is 32.6 Å². The number of aromatic nitrogens is 2. The van der Waals surface area contributed by atoms with Crippen molar-refractivity contribution in [1.29, 1.82) is 0 Å². The summed E-state index contributed by atoms with van der Waals surface area (Å²) < 4.78 is 24.3. The Hall–Kier alpha value is -5.28. The number of hydrogen-bond acceptors (Lipinski definition) is 7. The Kier molecular flexibility index (Phi) is 9.21. The molecule has 0 bridgehead atoms. The van der Waals surface area contributed by atoms with Crippen molar-refractivity contribution in [3.8, 4) is 22.8 Å². The van der Waals surface area contributed by atoms with Crippen molar-refractivity contribution in [2.24, 2.45) is 0 Å². The highest BCUT2D eigenvalue weighted by Gasteiger charge is 2.19. The van der Waals surface area contributed by atoms with Crippen LogP contribution in [0.3, 0.4) is 0 Å². The van der Waals surface area contributed by atoms with E-state index in [1.54, 1.807) is 50.7 Å². The highest BCUT2D eigenvalue weighted by atomic mass is 19.1. The first-order chi connectivity index (χ1) is 22.4. The summed E-state index contributed by atoms with van der Waals surface area (Å²) in [6.07, 6.45) is 3.53. The molecule has 2 heterocycles. The minimum absolute atomic E-state index is 0.212. The maximum atomic E-state index is 13.4. The van der Waals surface area contributed by atoms with Gasteiger partial charge in [0.25, 0.3) is 5.91 Å². The lowest BCUT2D eigenvalue weighted by molar-refractivity contribution is 0.102. The highest BCUT2D eigenvalue weighted by molar-refractivity contribution is 6.05. The molecule has 4 aromatic carbocycles. The van der Waals surface area contributed by atoms with Gasteiger partial charge in [0.1, 0.15) is 5.82 Å². The molecule has 1 amide bonds. The summed E-state index contributed by atoms with van der Waals surface area (Å²) >= 11 is 0. The maximum Gasteiger partial charge on any atom is 0.255 e. The number of fused-ring (bicyclic) bond motifs is 1. The second-order valence-electron chi connectivity index (χ2n) is 11.3. The zero-order valence-corrected chi connectivity index (χ0v) is 26.1. The van der Waals surface area contributed by atoms with Crippen molar-refractivity contribution in [2.75, 3.05) is 37.9 Å². The number of nitrogens with zero attached hydrogens (tertiary/aromatic N) is 3. The number of ether oxygens (including phenoxy) is 2. The van der Waals surface area contributed by atoms with E-state index in [1.807, 2.05) is 25.1 Å². The molecule has 0 unspecified atom stereocenters. The summed E-state index contributed by atoms with van der Waals surface area (Å²) in [5.41, 5.74) is 8.14. The van der Waals surface area contributed by atoms with Crippen LogP contribution < -0.4 is 20.1 Å². The van der Waals surface area contributed by atoms with Crippen molar-refractivity contribution < 1.29 is 18.7 Å². The molecule has 6 rings (SSSR count). The van der Waals surface area contributed by atoms with Crippen LogP contribution in [-0.2, 0) is 19.4 Å². The Morgan fingerprint density at radius 3 is 2.39 bits per heavy atom. The van der Waals surface area contributed by atoms with E-state index in [0.29, 0.717) is 17.2 Å². The van der Waals surface area contributed by atoms with E-state index in [0.717, 1.165) is 66.5 Å². The molecule has 5 aromatic rings. The molecule has 0 fully saturated rings. The second-order valence-corrected chi connectivity index (χ2v) is 11.3. The predicted octanol–water partition coefficient (Wildman–Crippen LogP) is 7.21. The lowest BCUT2D eigenvalue weighted by Crippen LogP contribution is -2.32. The molecule has 0 radical (unpaired) electrons. The summed E-state index contributed by atoms with van der Waals surface area (Å²) in [6, 6.07) is 25.6. The van der Waals surface area contributed by atoms with Gasteiger partial charge in [-0.15, -0.1) is 0 Å². The van der Waals surface area contributed by atoms with Gasteiger partial charge < -0.3 is 20.1 Å². The number of halogens is 1. The fraction of sp³-hybridized carbons (Fsp3) is 0.216. The molecule has 0 aliphatic carbocycles. The Morgan fingerprint density at radius 2 is 1.65 bits per heavy atom. The fourth-order valence-corrected chi connectivity index (χ4v) is 5.60. The number of benzene rings is 4. The summed E-state index contributed by atoms with van der Waals surface area (Å²) in [6.45, 7) is 4.76. The van der Waals surface area contributed by atoms with Crippen molar-refractivity contribution in [2.45, 2.75) is 26.3 Å². The number of methoxy groups -OCH3 is 2. The van der Waals surface area contributed by atoms with Gasteiger partial charge in [-0.3, -0.25) is 9.69 Å². The Bertz CT molecular complexity index is 1840. The highest BCUT2D eigenvalue weighted by Crippen LogP contribution is 2.33. The molecule has 0 spiro atoms. The summed E-state index contributed by atoms with van der Waals surface area (Å²) in [5, 5.41) is 6.23. The van der Waals surface area contributed by atoms with Crippen molar-refractivity contribution in [1.82, 2.24) is 14.9 Å². The SMILES string of the molecule is COc1cc2c(cc1OC)CN(CCc1ccc(NC(=O)c3ccc(C)c(Nc4nccc(-c5ccc(F)cc5)n4)c3)cc1)CC2. The number of anilines is 3. The van der Waals surface area contributed by atoms with Crippen LogP contribution in [0.25, 0.3) is 11.3 Å². The van der Waals surface area contributed by atoms with E-state index in [2.05, 4.69) is 49.8 Å². The van der Waals surface area contributed by atoms with E-state index in [4.69, 9.17) is 9.47 Å². The third-order valence-electron chi connectivity index (χ3n) is 8.27. The van der Waals surface area contributed by atoms with Gasteiger partial charge in [0, 0.05) is 48.3 Å². The molecule has 1 aliphatic heterocycles. The van der Waals surface area contributed by atoms with Crippen LogP contribution in [-0.4, -0.2) is 48.1 Å². The molecule has 234 valence electrons. The van der Waals surface area contributed by atoms with Gasteiger partial charge in [0.2, 0.25) is 5.95 Å². The van der Waals surface area contributed by atoms with Crippen LogP contribution >= 0.6 is 0 Å². The number of carbonyl (C=O) groups excluding carboxylic acids is 1. The third kappa shape index (κ3) is 7.16. The van der Waals surface area contributed by atoms with E-state index in [1.165, 1.54) is 28.8 Å². The molecule has 0 saturated heterocycles. The smallest absolute Gasteiger partial charge is 0.255 e. The molecule has 0 saturated carbocycles. The second kappa shape index (κ2) is 13.8. The zero-order valence-electron chi connectivity index (χ0n) is 26.1. The van der Waals surface area contributed by atoms with Crippen molar-refractivity contribution in [3.05, 3.63) is 125 Å². The van der Waals surface area contributed by atoms with Crippen LogP contribution in [0.4, 0.5) is 21.7 Å². The largest absolute Gasteiger partial charge is 0.493 e. The molecule has 0 atom stereocenters. The number of rotatable bonds is 10. The lowest BCUT2D eigenvalue weighted by Gasteiger charge is -2.29. The van der Waals surface area contributed by atoms with E-state index in [-0.39, 0.29) is 11.7 Å². The Morgan fingerprint density at radius 1 is 0.913 bits per heavy atom.